The first-order chi connectivity index (χ1) is 13.5. The molecule has 1 heterocycles. The van der Waals surface area contributed by atoms with Gasteiger partial charge >= 0.3 is 12.2 Å². The maximum atomic E-state index is 13.0. The van der Waals surface area contributed by atoms with Crippen molar-refractivity contribution >= 4 is 40.1 Å². The van der Waals surface area contributed by atoms with Crippen LogP contribution >= 0.6 is 11.6 Å². The largest absolute Gasteiger partial charge is 0.495 e. The molecule has 2 aromatic carbocycles. The van der Waals surface area contributed by atoms with E-state index in [1.54, 1.807) is 0 Å². The van der Waals surface area contributed by atoms with Gasteiger partial charge in [0.15, 0.2) is 0 Å². The summed E-state index contributed by atoms with van der Waals surface area (Å²) in [5.41, 5.74) is 3.64. The van der Waals surface area contributed by atoms with Crippen LogP contribution in [-0.4, -0.2) is 28.7 Å². The molecule has 3 rings (SSSR count). The minimum absolute atomic E-state index is 0.0345. The van der Waals surface area contributed by atoms with E-state index in [1.807, 2.05) is 0 Å². The number of hydrogen-bond acceptors (Lipinski definition) is 4. The molecule has 152 valence electrons. The van der Waals surface area contributed by atoms with Crippen molar-refractivity contribution in [2.45, 2.75) is 6.18 Å². The number of hydrogen-bond donors (Lipinski definition) is 3. The molecular weight excluding hydrogens is 415 g/mol. The molecule has 29 heavy (non-hydrogen) atoms. The predicted molar refractivity (Wildman–Crippen MR) is 99.5 cm³/mol. The Balaban J connectivity index is 2.13. The summed E-state index contributed by atoms with van der Waals surface area (Å²) in [7, 11) is 1.31. The van der Waals surface area contributed by atoms with Crippen LogP contribution in [0.1, 0.15) is 15.9 Å². The molecule has 0 atom stereocenters. The minimum atomic E-state index is -4.68. The van der Waals surface area contributed by atoms with Crippen LogP contribution in [0, 0.1) is 0 Å². The number of benzene rings is 2. The van der Waals surface area contributed by atoms with Gasteiger partial charge < -0.3 is 20.9 Å². The Labute approximate surface area is 166 Å². The lowest BCUT2D eigenvalue weighted by atomic mass is 10.1. The van der Waals surface area contributed by atoms with Crippen LogP contribution in [0.5, 0.6) is 11.6 Å². The summed E-state index contributed by atoms with van der Waals surface area (Å²) >= 11 is 5.71. The molecule has 11 heteroatoms. The van der Waals surface area contributed by atoms with E-state index >= 15 is 0 Å². The van der Waals surface area contributed by atoms with Crippen LogP contribution in [0.25, 0.3) is 10.9 Å². The zero-order chi connectivity index (χ0) is 21.5. The van der Waals surface area contributed by atoms with Gasteiger partial charge in [-0.3, -0.25) is 4.79 Å². The zero-order valence-electron chi connectivity index (χ0n) is 14.7. The van der Waals surface area contributed by atoms with Crippen LogP contribution in [-0.2, 0) is 6.18 Å². The second-order valence-electron chi connectivity index (χ2n) is 5.91. The van der Waals surface area contributed by atoms with Gasteiger partial charge in [0.05, 0.1) is 12.7 Å². The molecular formula is C18H13ClF3N3O4. The number of halogens is 4. The van der Waals surface area contributed by atoms with E-state index in [1.165, 1.54) is 25.3 Å². The number of rotatable bonds is 3. The van der Waals surface area contributed by atoms with Crippen molar-refractivity contribution in [1.82, 2.24) is 4.57 Å². The summed E-state index contributed by atoms with van der Waals surface area (Å²) in [6, 6.07) is 5.83. The van der Waals surface area contributed by atoms with E-state index in [4.69, 9.17) is 22.1 Å². The number of amides is 2. The number of fused-ring (bicyclic) bond motifs is 1. The number of carbonyl (C=O) groups excluding carboxylic acids is 2. The third kappa shape index (κ3) is 3.66. The van der Waals surface area contributed by atoms with Gasteiger partial charge in [-0.1, -0.05) is 23.7 Å². The van der Waals surface area contributed by atoms with E-state index in [2.05, 4.69) is 5.32 Å². The fourth-order valence-electron chi connectivity index (χ4n) is 2.92. The summed E-state index contributed by atoms with van der Waals surface area (Å²) < 4.78 is 44.7. The van der Waals surface area contributed by atoms with E-state index in [-0.39, 0.29) is 32.9 Å². The maximum Gasteiger partial charge on any atom is 0.416 e. The number of primary amides is 1. The Morgan fingerprint density at radius 2 is 1.93 bits per heavy atom. The SMILES string of the molecule is COc1cccc2c(C(=O)Nc3cc(Cl)cc(C(F)(F)F)c3)c(O)n(C(N)=O)c12. The summed E-state index contributed by atoms with van der Waals surface area (Å²) in [5, 5.41) is 12.5. The Morgan fingerprint density at radius 3 is 2.52 bits per heavy atom. The van der Waals surface area contributed by atoms with Crippen molar-refractivity contribution < 1.29 is 32.6 Å². The first-order valence-electron chi connectivity index (χ1n) is 7.94. The highest BCUT2D eigenvalue weighted by Gasteiger charge is 2.32. The number of methoxy groups -OCH3 is 1. The van der Waals surface area contributed by atoms with E-state index < -0.39 is 29.6 Å². The molecule has 0 saturated carbocycles. The van der Waals surface area contributed by atoms with Gasteiger partial charge in [0.25, 0.3) is 5.91 Å². The number of nitrogens with zero attached hydrogens (tertiary/aromatic N) is 1. The number of anilines is 1. The number of aromatic nitrogens is 1. The zero-order valence-corrected chi connectivity index (χ0v) is 15.4. The van der Waals surface area contributed by atoms with Gasteiger partial charge in [-0.05, 0) is 24.3 Å². The number of ether oxygens (including phenoxy) is 1. The third-order valence-corrected chi connectivity index (χ3v) is 4.30. The molecule has 2 amide bonds. The Morgan fingerprint density at radius 1 is 1.24 bits per heavy atom. The summed E-state index contributed by atoms with van der Waals surface area (Å²) in [5.74, 6) is -1.61. The van der Waals surface area contributed by atoms with Gasteiger partial charge in [-0.2, -0.15) is 13.2 Å². The molecule has 4 N–H and O–H groups in total. The molecule has 0 saturated heterocycles. The van der Waals surface area contributed by atoms with Crippen molar-refractivity contribution in [3.05, 3.63) is 52.5 Å². The number of aromatic hydroxyl groups is 1. The number of para-hydroxylation sites is 1. The molecule has 0 aliphatic rings. The lowest BCUT2D eigenvalue weighted by Gasteiger charge is -2.11. The number of nitrogens with one attached hydrogen (secondary N) is 1. The molecule has 0 spiro atoms. The summed E-state index contributed by atoms with van der Waals surface area (Å²) in [4.78, 5) is 24.5. The normalized spacial score (nSPS) is 11.5. The van der Waals surface area contributed by atoms with Crippen LogP contribution in [0.15, 0.2) is 36.4 Å². The van der Waals surface area contributed by atoms with Crippen LogP contribution in [0.2, 0.25) is 5.02 Å². The molecule has 0 radical (unpaired) electrons. The smallest absolute Gasteiger partial charge is 0.416 e. The molecule has 0 unspecified atom stereocenters. The average molecular weight is 428 g/mol. The number of alkyl halides is 3. The number of nitrogens with two attached hydrogens (primary N) is 1. The van der Waals surface area contributed by atoms with Crippen molar-refractivity contribution in [2.24, 2.45) is 5.73 Å². The highest BCUT2D eigenvalue weighted by molar-refractivity contribution is 6.31. The molecule has 0 aliphatic heterocycles. The van der Waals surface area contributed by atoms with E-state index in [0.717, 1.165) is 6.07 Å². The second kappa shape index (κ2) is 7.21. The van der Waals surface area contributed by atoms with Gasteiger partial charge in [0.1, 0.15) is 16.8 Å². The Kier molecular flexibility index (Phi) is 5.05. The lowest BCUT2D eigenvalue weighted by molar-refractivity contribution is -0.137. The molecule has 1 aromatic heterocycles. The van der Waals surface area contributed by atoms with Gasteiger partial charge in [-0.25, -0.2) is 9.36 Å². The highest BCUT2D eigenvalue weighted by atomic mass is 35.5. The topological polar surface area (TPSA) is 107 Å². The van der Waals surface area contributed by atoms with Gasteiger partial charge in [0, 0.05) is 16.1 Å². The van der Waals surface area contributed by atoms with Crippen LogP contribution in [0.4, 0.5) is 23.7 Å². The fraction of sp³-hybridized carbons (Fsp3) is 0.111. The Hall–Kier alpha value is -3.40. The van der Waals surface area contributed by atoms with Crippen LogP contribution in [0.3, 0.4) is 0 Å². The molecule has 0 bridgehead atoms. The molecule has 3 aromatic rings. The van der Waals surface area contributed by atoms with Gasteiger partial charge in [-0.15, -0.1) is 0 Å². The molecule has 0 aliphatic carbocycles. The first kappa shape index (κ1) is 20.3. The maximum absolute atomic E-state index is 13.0. The standard InChI is InChI=1S/C18H13ClF3N3O4/c1-29-12-4-2-3-11-13(16(27)25(14(11)12)17(23)28)15(26)24-10-6-8(18(20,21)22)5-9(19)7-10/h2-7,27H,1H3,(H2,23,28)(H,24,26). The highest BCUT2D eigenvalue weighted by Crippen LogP contribution is 2.37. The summed E-state index contributed by atoms with van der Waals surface area (Å²) in [6.45, 7) is 0. The fourth-order valence-corrected chi connectivity index (χ4v) is 3.15. The Bertz CT molecular complexity index is 1140. The number of carbonyl (C=O) groups is 2. The molecule has 7 nitrogen and oxygen atoms in total. The van der Waals surface area contributed by atoms with Crippen molar-refractivity contribution in [2.75, 3.05) is 12.4 Å². The monoisotopic (exact) mass is 427 g/mol. The quantitative estimate of drug-likeness (QED) is 0.582. The third-order valence-electron chi connectivity index (χ3n) is 4.08. The first-order valence-corrected chi connectivity index (χ1v) is 8.31. The lowest BCUT2D eigenvalue weighted by Crippen LogP contribution is -2.19. The van der Waals surface area contributed by atoms with Crippen molar-refractivity contribution in [3.8, 4) is 11.6 Å². The van der Waals surface area contributed by atoms with E-state index in [9.17, 15) is 27.9 Å². The summed E-state index contributed by atoms with van der Waals surface area (Å²) in [6.07, 6.45) is -4.68. The van der Waals surface area contributed by atoms with Crippen LogP contribution < -0.4 is 15.8 Å². The van der Waals surface area contributed by atoms with E-state index in [0.29, 0.717) is 16.7 Å². The van der Waals surface area contributed by atoms with Gasteiger partial charge in [0.2, 0.25) is 5.88 Å². The predicted octanol–water partition coefficient (Wildman–Crippen LogP) is 4.21. The average Bonchev–Trinajstić information content (AvgIpc) is 2.92. The minimum Gasteiger partial charge on any atom is -0.495 e. The molecule has 0 fully saturated rings. The van der Waals surface area contributed by atoms with Crippen molar-refractivity contribution in [1.29, 1.82) is 0 Å². The second-order valence-corrected chi connectivity index (χ2v) is 6.35. The van der Waals surface area contributed by atoms with Crippen molar-refractivity contribution in [3.63, 3.8) is 0 Å².